The quantitative estimate of drug-likeness (QED) is 0.780. The molecule has 0 unspecified atom stereocenters. The molecule has 3 rings (SSSR count). The first-order valence-electron chi connectivity index (χ1n) is 6.84. The van der Waals surface area contributed by atoms with Crippen LogP contribution in [0, 0.1) is 0 Å². The predicted octanol–water partition coefficient (Wildman–Crippen LogP) is 3.09. The zero-order chi connectivity index (χ0) is 14.5. The molecular weight excluding hydrogens is 262 g/mol. The molecule has 0 fully saturated rings. The van der Waals surface area contributed by atoms with Gasteiger partial charge in [-0.2, -0.15) is 5.10 Å². The van der Waals surface area contributed by atoms with Crippen molar-refractivity contribution >= 4 is 5.82 Å². The van der Waals surface area contributed by atoms with E-state index in [1.807, 2.05) is 42.5 Å². The molecule has 0 atom stereocenters. The molecule has 4 nitrogen and oxygen atoms in total. The highest BCUT2D eigenvalue weighted by atomic mass is 16.5. The van der Waals surface area contributed by atoms with Crippen LogP contribution in [0.3, 0.4) is 0 Å². The Morgan fingerprint density at radius 2 is 1.67 bits per heavy atom. The molecule has 0 radical (unpaired) electrons. The molecule has 0 saturated heterocycles. The van der Waals surface area contributed by atoms with Crippen LogP contribution in [0.15, 0.2) is 66.9 Å². The van der Waals surface area contributed by atoms with E-state index in [0.29, 0.717) is 19.0 Å². The topological polar surface area (TPSA) is 53.1 Å². The Bertz CT molecular complexity index is 690. The van der Waals surface area contributed by atoms with Crippen LogP contribution in [0.1, 0.15) is 11.1 Å². The monoisotopic (exact) mass is 279 g/mol. The number of hydrogen-bond acceptors (Lipinski definition) is 3. The first-order chi connectivity index (χ1) is 10.3. The Labute approximate surface area is 123 Å². The van der Waals surface area contributed by atoms with Crippen LogP contribution in [-0.4, -0.2) is 9.78 Å². The number of anilines is 1. The van der Waals surface area contributed by atoms with E-state index in [0.717, 1.165) is 16.9 Å². The van der Waals surface area contributed by atoms with E-state index in [4.69, 9.17) is 10.5 Å². The summed E-state index contributed by atoms with van der Waals surface area (Å²) in [6.07, 6.45) is 1.70. The van der Waals surface area contributed by atoms with Crippen LogP contribution in [0.25, 0.3) is 0 Å². The third kappa shape index (κ3) is 3.42. The highest BCUT2D eigenvalue weighted by molar-refractivity contribution is 5.31. The van der Waals surface area contributed by atoms with E-state index >= 15 is 0 Å². The molecule has 4 heteroatoms. The molecule has 1 aromatic heterocycles. The molecule has 0 spiro atoms. The van der Waals surface area contributed by atoms with Gasteiger partial charge in [0.05, 0.1) is 12.7 Å². The number of nitrogens with two attached hydrogens (primary N) is 1. The molecule has 3 aromatic rings. The number of nitrogen functional groups attached to an aromatic ring is 1. The van der Waals surface area contributed by atoms with Crippen molar-refractivity contribution in [1.29, 1.82) is 0 Å². The van der Waals surface area contributed by atoms with Crippen molar-refractivity contribution in [2.45, 2.75) is 13.2 Å². The van der Waals surface area contributed by atoms with Crippen molar-refractivity contribution in [3.8, 4) is 5.75 Å². The van der Waals surface area contributed by atoms with Gasteiger partial charge in [0.1, 0.15) is 18.2 Å². The predicted molar refractivity (Wildman–Crippen MR) is 83.0 cm³/mol. The number of benzene rings is 2. The third-order valence-corrected chi connectivity index (χ3v) is 3.25. The van der Waals surface area contributed by atoms with E-state index in [2.05, 4.69) is 17.2 Å². The molecule has 0 aliphatic heterocycles. The third-order valence-electron chi connectivity index (χ3n) is 3.25. The summed E-state index contributed by atoms with van der Waals surface area (Å²) in [6.45, 7) is 1.24. The standard InChI is InChI=1S/C17H17N3O/c18-17-10-11-19-20(17)12-14-6-8-16(9-7-14)21-13-15-4-2-1-3-5-15/h1-11H,12-13,18H2. The zero-order valence-corrected chi connectivity index (χ0v) is 11.6. The maximum Gasteiger partial charge on any atom is 0.122 e. The van der Waals surface area contributed by atoms with Gasteiger partial charge in [-0.1, -0.05) is 42.5 Å². The van der Waals surface area contributed by atoms with Crippen LogP contribution in [0.5, 0.6) is 5.75 Å². The van der Waals surface area contributed by atoms with Crippen LogP contribution in [-0.2, 0) is 13.2 Å². The van der Waals surface area contributed by atoms with Crippen molar-refractivity contribution < 1.29 is 4.74 Å². The first kappa shape index (κ1) is 13.2. The second-order valence-corrected chi connectivity index (χ2v) is 4.83. The highest BCUT2D eigenvalue weighted by Gasteiger charge is 2.01. The van der Waals surface area contributed by atoms with Gasteiger partial charge in [-0.3, -0.25) is 0 Å². The fourth-order valence-corrected chi connectivity index (χ4v) is 2.08. The number of ether oxygens (including phenoxy) is 1. The minimum atomic E-state index is 0.576. The summed E-state index contributed by atoms with van der Waals surface area (Å²) in [5.41, 5.74) is 8.10. The van der Waals surface area contributed by atoms with Gasteiger partial charge in [0.25, 0.3) is 0 Å². The Hall–Kier alpha value is -2.75. The Balaban J connectivity index is 1.60. The average molecular weight is 279 g/mol. The number of hydrogen-bond donors (Lipinski definition) is 1. The van der Waals surface area contributed by atoms with Crippen molar-refractivity contribution in [3.05, 3.63) is 78.0 Å². The summed E-state index contributed by atoms with van der Waals surface area (Å²) < 4.78 is 7.52. The zero-order valence-electron chi connectivity index (χ0n) is 11.6. The lowest BCUT2D eigenvalue weighted by Gasteiger charge is -2.08. The SMILES string of the molecule is Nc1ccnn1Cc1ccc(OCc2ccccc2)cc1. The molecule has 0 aliphatic rings. The molecule has 2 aromatic carbocycles. The van der Waals surface area contributed by atoms with E-state index in [9.17, 15) is 0 Å². The molecule has 2 N–H and O–H groups in total. The summed E-state index contributed by atoms with van der Waals surface area (Å²) in [6, 6.07) is 19.9. The maximum atomic E-state index is 5.81. The minimum absolute atomic E-state index is 0.576. The molecule has 0 aliphatic carbocycles. The molecule has 0 bridgehead atoms. The van der Waals surface area contributed by atoms with Crippen LogP contribution in [0.2, 0.25) is 0 Å². The number of nitrogens with zero attached hydrogens (tertiary/aromatic N) is 2. The summed E-state index contributed by atoms with van der Waals surface area (Å²) in [7, 11) is 0. The van der Waals surface area contributed by atoms with Gasteiger partial charge in [-0.05, 0) is 29.3 Å². The number of aromatic nitrogens is 2. The largest absolute Gasteiger partial charge is 0.489 e. The summed E-state index contributed by atoms with van der Waals surface area (Å²) in [5, 5.41) is 4.17. The Morgan fingerprint density at radius 3 is 2.33 bits per heavy atom. The van der Waals surface area contributed by atoms with E-state index < -0.39 is 0 Å². The molecule has 0 saturated carbocycles. The smallest absolute Gasteiger partial charge is 0.122 e. The van der Waals surface area contributed by atoms with Gasteiger partial charge < -0.3 is 10.5 Å². The maximum absolute atomic E-state index is 5.81. The van der Waals surface area contributed by atoms with Gasteiger partial charge in [-0.25, -0.2) is 4.68 Å². The summed E-state index contributed by atoms with van der Waals surface area (Å²) in [4.78, 5) is 0. The average Bonchev–Trinajstić information content (AvgIpc) is 2.93. The second-order valence-electron chi connectivity index (χ2n) is 4.83. The van der Waals surface area contributed by atoms with Crippen molar-refractivity contribution in [1.82, 2.24) is 9.78 Å². The molecule has 106 valence electrons. The van der Waals surface area contributed by atoms with Crippen LogP contribution >= 0.6 is 0 Å². The van der Waals surface area contributed by atoms with Gasteiger partial charge >= 0.3 is 0 Å². The Morgan fingerprint density at radius 1 is 0.905 bits per heavy atom. The van der Waals surface area contributed by atoms with E-state index in [1.54, 1.807) is 16.9 Å². The lowest BCUT2D eigenvalue weighted by Crippen LogP contribution is -2.05. The normalized spacial score (nSPS) is 10.5. The Kier molecular flexibility index (Phi) is 3.87. The van der Waals surface area contributed by atoms with E-state index in [-0.39, 0.29) is 0 Å². The van der Waals surface area contributed by atoms with Crippen LogP contribution < -0.4 is 10.5 Å². The van der Waals surface area contributed by atoms with Crippen LogP contribution in [0.4, 0.5) is 5.82 Å². The van der Waals surface area contributed by atoms with Gasteiger partial charge in [0.2, 0.25) is 0 Å². The summed E-state index contributed by atoms with van der Waals surface area (Å²) >= 11 is 0. The fourth-order valence-electron chi connectivity index (χ4n) is 2.08. The van der Waals surface area contributed by atoms with Crippen molar-refractivity contribution in [2.24, 2.45) is 0 Å². The number of rotatable bonds is 5. The van der Waals surface area contributed by atoms with Crippen molar-refractivity contribution in [2.75, 3.05) is 5.73 Å². The molecule has 0 amide bonds. The first-order valence-corrected chi connectivity index (χ1v) is 6.84. The lowest BCUT2D eigenvalue weighted by atomic mass is 10.2. The minimum Gasteiger partial charge on any atom is -0.489 e. The van der Waals surface area contributed by atoms with Gasteiger partial charge in [0, 0.05) is 0 Å². The fraction of sp³-hybridized carbons (Fsp3) is 0.118. The lowest BCUT2D eigenvalue weighted by molar-refractivity contribution is 0.306. The molecule has 21 heavy (non-hydrogen) atoms. The van der Waals surface area contributed by atoms with Gasteiger partial charge in [0.15, 0.2) is 0 Å². The molecule has 1 heterocycles. The van der Waals surface area contributed by atoms with E-state index in [1.165, 1.54) is 0 Å². The highest BCUT2D eigenvalue weighted by Crippen LogP contribution is 2.15. The van der Waals surface area contributed by atoms with Crippen molar-refractivity contribution in [3.63, 3.8) is 0 Å². The molecular formula is C17H17N3O. The second kappa shape index (κ2) is 6.13. The summed E-state index contributed by atoms with van der Waals surface area (Å²) in [5.74, 6) is 1.52. The van der Waals surface area contributed by atoms with Gasteiger partial charge in [-0.15, -0.1) is 0 Å².